The van der Waals surface area contributed by atoms with Gasteiger partial charge >= 0.3 is 0 Å². The molecule has 0 radical (unpaired) electrons. The van der Waals surface area contributed by atoms with Gasteiger partial charge in [-0.1, -0.05) is 11.6 Å². The number of nitrogens with zero attached hydrogens (tertiary/aromatic N) is 1. The summed E-state index contributed by atoms with van der Waals surface area (Å²) in [5, 5.41) is 0.988. The van der Waals surface area contributed by atoms with E-state index >= 15 is 0 Å². The molecule has 1 unspecified atom stereocenters. The first-order valence-electron chi connectivity index (χ1n) is 7.26. The van der Waals surface area contributed by atoms with Crippen LogP contribution in [0.4, 0.5) is 5.69 Å². The number of benzene rings is 1. The molecule has 4 nitrogen and oxygen atoms in total. The minimum Gasteiger partial charge on any atom is -0.397 e. The van der Waals surface area contributed by atoms with Crippen LogP contribution in [0.3, 0.4) is 0 Å². The fourth-order valence-electron chi connectivity index (χ4n) is 2.71. The number of nitrogen functional groups attached to an aromatic ring is 1. The number of fused-ring (bicyclic) bond motifs is 1. The zero-order chi connectivity index (χ0) is 15.0. The minimum absolute atomic E-state index is 0.0312. The fraction of sp³-hybridized carbons (Fsp3) is 0.438. The summed E-state index contributed by atoms with van der Waals surface area (Å²) in [6.45, 7) is 6.11. The maximum atomic E-state index is 12.8. The second kappa shape index (κ2) is 5.66. The number of hydrogen-bond acceptors (Lipinski definition) is 4. The molecular formula is C16H20N2O2S. The van der Waals surface area contributed by atoms with Gasteiger partial charge in [-0.15, -0.1) is 11.3 Å². The Morgan fingerprint density at radius 2 is 2.29 bits per heavy atom. The normalized spacial score (nSPS) is 19.7. The lowest BCUT2D eigenvalue weighted by atomic mass is 10.1. The molecule has 1 saturated heterocycles. The number of aryl methyl sites for hydroxylation is 1. The summed E-state index contributed by atoms with van der Waals surface area (Å²) in [6, 6.07) is 6.14. The molecule has 0 saturated carbocycles. The van der Waals surface area contributed by atoms with E-state index in [-0.39, 0.29) is 12.0 Å². The smallest absolute Gasteiger partial charge is 0.266 e. The van der Waals surface area contributed by atoms with E-state index in [1.54, 1.807) is 0 Å². The molecule has 0 bridgehead atoms. The van der Waals surface area contributed by atoms with Crippen molar-refractivity contribution in [1.29, 1.82) is 0 Å². The summed E-state index contributed by atoms with van der Waals surface area (Å²) in [5.74, 6) is 0.0312. The molecule has 2 N–H and O–H groups in total. The molecule has 2 heterocycles. The van der Waals surface area contributed by atoms with Crippen LogP contribution < -0.4 is 5.73 Å². The third-order valence-electron chi connectivity index (χ3n) is 3.82. The van der Waals surface area contributed by atoms with Gasteiger partial charge in [0.25, 0.3) is 5.91 Å². The first-order valence-corrected chi connectivity index (χ1v) is 8.07. The molecule has 3 rings (SSSR count). The largest absolute Gasteiger partial charge is 0.397 e. The third kappa shape index (κ3) is 2.76. The van der Waals surface area contributed by atoms with Crippen LogP contribution in [-0.4, -0.2) is 36.6 Å². The average molecular weight is 304 g/mol. The third-order valence-corrected chi connectivity index (χ3v) is 4.99. The standard InChI is InChI=1S/C16H20N2O2S/c1-10-4-5-13-12(8-10)14(17)15(21-13)16(19)18-6-3-7-20-11(2)9-18/h4-5,8,11H,3,6-7,9,17H2,1-2H3. The highest BCUT2D eigenvalue weighted by Crippen LogP contribution is 2.35. The van der Waals surface area contributed by atoms with E-state index < -0.39 is 0 Å². The van der Waals surface area contributed by atoms with Crippen molar-refractivity contribution in [2.75, 3.05) is 25.4 Å². The Hall–Kier alpha value is -1.59. The Bertz CT molecular complexity index is 680. The molecule has 21 heavy (non-hydrogen) atoms. The van der Waals surface area contributed by atoms with Gasteiger partial charge in [0.1, 0.15) is 4.88 Å². The van der Waals surface area contributed by atoms with Crippen molar-refractivity contribution in [3.8, 4) is 0 Å². The van der Waals surface area contributed by atoms with Gasteiger partial charge in [0, 0.05) is 29.8 Å². The van der Waals surface area contributed by atoms with E-state index in [1.165, 1.54) is 11.3 Å². The number of hydrogen-bond donors (Lipinski definition) is 1. The molecule has 1 aromatic carbocycles. The Labute approximate surface area is 128 Å². The van der Waals surface area contributed by atoms with Crippen LogP contribution in [0.5, 0.6) is 0 Å². The van der Waals surface area contributed by atoms with Crippen molar-refractivity contribution in [3.05, 3.63) is 28.6 Å². The van der Waals surface area contributed by atoms with Crippen LogP contribution in [0.15, 0.2) is 18.2 Å². The molecule has 1 fully saturated rings. The Balaban J connectivity index is 1.95. The van der Waals surface area contributed by atoms with Crippen molar-refractivity contribution in [3.63, 3.8) is 0 Å². The molecule has 0 aliphatic carbocycles. The van der Waals surface area contributed by atoms with Gasteiger partial charge in [-0.05, 0) is 32.4 Å². The van der Waals surface area contributed by atoms with Gasteiger partial charge in [-0.3, -0.25) is 4.79 Å². The van der Waals surface area contributed by atoms with Gasteiger partial charge < -0.3 is 15.4 Å². The van der Waals surface area contributed by atoms with Crippen LogP contribution in [0.1, 0.15) is 28.6 Å². The van der Waals surface area contributed by atoms with Gasteiger partial charge in [0.05, 0.1) is 11.8 Å². The first-order chi connectivity index (χ1) is 10.1. The summed E-state index contributed by atoms with van der Waals surface area (Å²) in [4.78, 5) is 15.3. The Morgan fingerprint density at radius 3 is 3.10 bits per heavy atom. The Kier molecular flexibility index (Phi) is 3.87. The maximum Gasteiger partial charge on any atom is 0.266 e. The lowest BCUT2D eigenvalue weighted by Gasteiger charge is -2.21. The zero-order valence-electron chi connectivity index (χ0n) is 12.4. The molecule has 2 aromatic rings. The van der Waals surface area contributed by atoms with E-state index in [0.717, 1.165) is 28.6 Å². The second-order valence-corrected chi connectivity index (χ2v) is 6.68. The summed E-state index contributed by atoms with van der Waals surface area (Å²) in [7, 11) is 0. The predicted molar refractivity (Wildman–Crippen MR) is 86.9 cm³/mol. The molecule has 1 aliphatic heterocycles. The van der Waals surface area contributed by atoms with Crippen LogP contribution in [0, 0.1) is 6.92 Å². The number of anilines is 1. The molecule has 1 aliphatic rings. The Morgan fingerprint density at radius 1 is 1.48 bits per heavy atom. The van der Waals surface area contributed by atoms with Gasteiger partial charge in [0.2, 0.25) is 0 Å². The number of rotatable bonds is 1. The van der Waals surface area contributed by atoms with Gasteiger partial charge in [0.15, 0.2) is 0 Å². The van der Waals surface area contributed by atoms with Crippen LogP contribution in [0.25, 0.3) is 10.1 Å². The van der Waals surface area contributed by atoms with Gasteiger partial charge in [-0.25, -0.2) is 0 Å². The van der Waals surface area contributed by atoms with E-state index in [4.69, 9.17) is 10.5 Å². The molecule has 112 valence electrons. The number of amides is 1. The van der Waals surface area contributed by atoms with E-state index in [1.807, 2.05) is 36.9 Å². The van der Waals surface area contributed by atoms with Crippen molar-refractivity contribution in [2.24, 2.45) is 0 Å². The quantitative estimate of drug-likeness (QED) is 0.881. The lowest BCUT2D eigenvalue weighted by molar-refractivity contribution is 0.0566. The average Bonchev–Trinajstić information content (AvgIpc) is 2.64. The monoisotopic (exact) mass is 304 g/mol. The highest BCUT2D eigenvalue weighted by molar-refractivity contribution is 7.21. The lowest BCUT2D eigenvalue weighted by Crippen LogP contribution is -2.35. The van der Waals surface area contributed by atoms with Crippen LogP contribution in [0.2, 0.25) is 0 Å². The molecular weight excluding hydrogens is 284 g/mol. The number of carbonyl (C=O) groups excluding carboxylic acids is 1. The topological polar surface area (TPSA) is 55.6 Å². The predicted octanol–water partition coefficient (Wildman–Crippen LogP) is 3.04. The summed E-state index contributed by atoms with van der Waals surface area (Å²) in [5.41, 5.74) is 7.99. The number of ether oxygens (including phenoxy) is 1. The molecule has 5 heteroatoms. The van der Waals surface area contributed by atoms with E-state index in [2.05, 4.69) is 0 Å². The second-order valence-electron chi connectivity index (χ2n) is 5.63. The van der Waals surface area contributed by atoms with Crippen molar-refractivity contribution in [2.45, 2.75) is 26.4 Å². The van der Waals surface area contributed by atoms with Crippen molar-refractivity contribution in [1.82, 2.24) is 4.90 Å². The summed E-state index contributed by atoms with van der Waals surface area (Å²) in [6.07, 6.45) is 0.953. The highest BCUT2D eigenvalue weighted by Gasteiger charge is 2.25. The highest BCUT2D eigenvalue weighted by atomic mass is 32.1. The number of thiophene rings is 1. The van der Waals surface area contributed by atoms with E-state index in [9.17, 15) is 4.79 Å². The van der Waals surface area contributed by atoms with E-state index in [0.29, 0.717) is 23.7 Å². The number of nitrogens with two attached hydrogens (primary N) is 1. The number of carbonyl (C=O) groups is 1. The van der Waals surface area contributed by atoms with Gasteiger partial charge in [-0.2, -0.15) is 0 Å². The van der Waals surface area contributed by atoms with Crippen molar-refractivity contribution < 1.29 is 9.53 Å². The van der Waals surface area contributed by atoms with Crippen molar-refractivity contribution >= 4 is 33.0 Å². The molecule has 0 spiro atoms. The molecule has 1 amide bonds. The first kappa shape index (κ1) is 14.4. The zero-order valence-corrected chi connectivity index (χ0v) is 13.2. The van der Waals surface area contributed by atoms with Crippen LogP contribution in [-0.2, 0) is 4.74 Å². The van der Waals surface area contributed by atoms with Crippen LogP contribution >= 0.6 is 11.3 Å². The summed E-state index contributed by atoms with van der Waals surface area (Å²) >= 11 is 1.49. The maximum absolute atomic E-state index is 12.8. The molecule has 1 aromatic heterocycles. The molecule has 1 atom stereocenters. The summed E-state index contributed by atoms with van der Waals surface area (Å²) < 4.78 is 6.67. The SMILES string of the molecule is Cc1ccc2sc(C(=O)N3CCCOC(C)C3)c(N)c2c1. The fourth-order valence-corrected chi connectivity index (χ4v) is 3.78. The minimum atomic E-state index is 0.0312.